The number of nitrogens with zero attached hydrogens (tertiary/aromatic N) is 1. The van der Waals surface area contributed by atoms with Crippen molar-refractivity contribution < 1.29 is 9.59 Å². The summed E-state index contributed by atoms with van der Waals surface area (Å²) in [5.41, 5.74) is -0.790. The average molecular weight is 298 g/mol. The predicted molar refractivity (Wildman–Crippen MR) is 82.7 cm³/mol. The Bertz CT molecular complexity index is 414. The quantitative estimate of drug-likeness (QED) is 0.867. The van der Waals surface area contributed by atoms with Crippen LogP contribution in [0.1, 0.15) is 47.5 Å². The van der Waals surface area contributed by atoms with Crippen molar-refractivity contribution in [2.45, 2.75) is 63.8 Å². The van der Waals surface area contributed by atoms with Gasteiger partial charge in [0.1, 0.15) is 11.6 Å². The van der Waals surface area contributed by atoms with Gasteiger partial charge in [-0.15, -0.1) is 0 Å². The maximum atomic E-state index is 12.7. The zero-order valence-corrected chi connectivity index (χ0v) is 14.0. The van der Waals surface area contributed by atoms with E-state index in [1.807, 2.05) is 30.5 Å². The van der Waals surface area contributed by atoms with E-state index in [1.54, 1.807) is 13.8 Å². The molecule has 1 N–H and O–H groups in total. The Hall–Kier alpha value is -0.710. The Morgan fingerprint density at radius 3 is 2.50 bits per heavy atom. The maximum Gasteiger partial charge on any atom is 0.248 e. The summed E-state index contributed by atoms with van der Waals surface area (Å²) in [7, 11) is 0. The second kappa shape index (κ2) is 5.24. The van der Waals surface area contributed by atoms with Crippen LogP contribution in [0.3, 0.4) is 0 Å². The zero-order chi connectivity index (χ0) is 15.1. The zero-order valence-electron chi connectivity index (χ0n) is 13.2. The summed E-state index contributed by atoms with van der Waals surface area (Å²) in [4.78, 5) is 26.9. The molecule has 2 fully saturated rings. The van der Waals surface area contributed by atoms with Crippen molar-refractivity contribution in [1.29, 1.82) is 0 Å². The summed E-state index contributed by atoms with van der Waals surface area (Å²) >= 11 is 1.93. The number of rotatable bonds is 3. The third kappa shape index (κ3) is 2.83. The van der Waals surface area contributed by atoms with Crippen LogP contribution >= 0.6 is 11.8 Å². The van der Waals surface area contributed by atoms with Crippen LogP contribution in [0.4, 0.5) is 0 Å². The first-order valence-corrected chi connectivity index (χ1v) is 8.42. The number of nitrogens with one attached hydrogen (secondary N) is 1. The normalized spacial score (nSPS) is 33.7. The average Bonchev–Trinajstić information content (AvgIpc) is 2.71. The van der Waals surface area contributed by atoms with Crippen molar-refractivity contribution in [3.8, 4) is 0 Å². The van der Waals surface area contributed by atoms with Crippen LogP contribution in [-0.4, -0.2) is 45.3 Å². The van der Waals surface area contributed by atoms with Crippen LogP contribution in [0.25, 0.3) is 0 Å². The topological polar surface area (TPSA) is 49.4 Å². The van der Waals surface area contributed by atoms with E-state index in [1.165, 1.54) is 6.42 Å². The summed E-state index contributed by atoms with van der Waals surface area (Å²) in [6, 6.07) is -0.339. The highest BCUT2D eigenvalue weighted by atomic mass is 32.2. The van der Waals surface area contributed by atoms with Crippen LogP contribution in [0.15, 0.2) is 0 Å². The lowest BCUT2D eigenvalue weighted by Gasteiger charge is -2.46. The Morgan fingerprint density at radius 2 is 2.00 bits per heavy atom. The van der Waals surface area contributed by atoms with E-state index in [0.29, 0.717) is 6.54 Å². The van der Waals surface area contributed by atoms with Gasteiger partial charge in [-0.25, -0.2) is 0 Å². The third-order valence-corrected chi connectivity index (χ3v) is 5.80. The second-order valence-electron chi connectivity index (χ2n) is 7.14. The largest absolute Gasteiger partial charge is 0.340 e. The fourth-order valence-electron chi connectivity index (χ4n) is 3.22. The van der Waals surface area contributed by atoms with Crippen molar-refractivity contribution in [1.82, 2.24) is 10.2 Å². The van der Waals surface area contributed by atoms with Crippen molar-refractivity contribution in [2.75, 3.05) is 12.3 Å². The molecule has 5 heteroatoms. The van der Waals surface area contributed by atoms with E-state index in [4.69, 9.17) is 0 Å². The Labute approximate surface area is 126 Å². The molecule has 0 bridgehead atoms. The number of carbonyl (C=O) groups excluding carboxylic acids is 2. The molecule has 2 amide bonds. The Balaban J connectivity index is 2.27. The SMILES string of the molecule is CC(C)C1C(=O)NC(C)(C)C(=O)N1CC1(C)CCCS1. The van der Waals surface area contributed by atoms with Gasteiger partial charge in [0.05, 0.1) is 0 Å². The van der Waals surface area contributed by atoms with Crippen LogP contribution in [0.2, 0.25) is 0 Å². The van der Waals surface area contributed by atoms with E-state index in [2.05, 4.69) is 12.2 Å². The number of hydrogen-bond acceptors (Lipinski definition) is 3. The molecule has 4 nitrogen and oxygen atoms in total. The highest BCUT2D eigenvalue weighted by Gasteiger charge is 2.48. The minimum atomic E-state index is -0.790. The highest BCUT2D eigenvalue weighted by molar-refractivity contribution is 8.00. The molecular weight excluding hydrogens is 272 g/mol. The van der Waals surface area contributed by atoms with Gasteiger partial charge < -0.3 is 10.2 Å². The molecule has 0 saturated carbocycles. The summed E-state index contributed by atoms with van der Waals surface area (Å²) in [6.07, 6.45) is 2.32. The van der Waals surface area contributed by atoms with Gasteiger partial charge in [-0.3, -0.25) is 9.59 Å². The molecule has 2 aliphatic heterocycles. The summed E-state index contributed by atoms with van der Waals surface area (Å²) < 4.78 is 0.0938. The number of thioether (sulfide) groups is 1. The Kier molecular flexibility index (Phi) is 4.11. The van der Waals surface area contributed by atoms with E-state index in [0.717, 1.165) is 12.2 Å². The van der Waals surface area contributed by atoms with Crippen molar-refractivity contribution in [2.24, 2.45) is 5.92 Å². The second-order valence-corrected chi connectivity index (χ2v) is 8.82. The standard InChI is InChI=1S/C15H26N2O2S/c1-10(2)11-12(18)16-14(3,4)13(19)17(11)9-15(5)7-6-8-20-15/h10-11H,6-9H2,1-5H3,(H,16,18). The fourth-order valence-corrected chi connectivity index (χ4v) is 4.52. The van der Waals surface area contributed by atoms with Crippen molar-refractivity contribution in [3.05, 3.63) is 0 Å². The smallest absolute Gasteiger partial charge is 0.248 e. The van der Waals surface area contributed by atoms with Crippen LogP contribution < -0.4 is 5.32 Å². The molecule has 2 rings (SSSR count). The molecule has 2 atom stereocenters. The molecular formula is C15H26N2O2S. The predicted octanol–water partition coefficient (Wildman–Crippen LogP) is 2.03. The van der Waals surface area contributed by atoms with E-state index in [9.17, 15) is 9.59 Å². The fraction of sp³-hybridized carbons (Fsp3) is 0.867. The van der Waals surface area contributed by atoms with Crippen LogP contribution in [0, 0.1) is 5.92 Å². The lowest BCUT2D eigenvalue weighted by Crippen LogP contribution is -2.70. The first-order valence-electron chi connectivity index (χ1n) is 7.43. The molecule has 0 aromatic rings. The molecule has 0 radical (unpaired) electrons. The lowest BCUT2D eigenvalue weighted by molar-refractivity contribution is -0.155. The van der Waals surface area contributed by atoms with Crippen LogP contribution in [0.5, 0.6) is 0 Å². The molecule has 0 spiro atoms. The summed E-state index contributed by atoms with van der Waals surface area (Å²) in [5, 5.41) is 2.87. The molecule has 0 aromatic heterocycles. The minimum absolute atomic E-state index is 0.0174. The third-order valence-electron chi connectivity index (χ3n) is 4.27. The molecule has 2 saturated heterocycles. The Morgan fingerprint density at radius 1 is 1.35 bits per heavy atom. The van der Waals surface area contributed by atoms with Gasteiger partial charge in [0.2, 0.25) is 11.8 Å². The van der Waals surface area contributed by atoms with E-state index in [-0.39, 0.29) is 28.5 Å². The summed E-state index contributed by atoms with van der Waals surface area (Å²) in [5.74, 6) is 1.31. The van der Waals surface area contributed by atoms with Gasteiger partial charge in [0.25, 0.3) is 0 Å². The van der Waals surface area contributed by atoms with Crippen molar-refractivity contribution in [3.63, 3.8) is 0 Å². The molecule has 114 valence electrons. The van der Waals surface area contributed by atoms with Gasteiger partial charge in [-0.1, -0.05) is 13.8 Å². The van der Waals surface area contributed by atoms with Gasteiger partial charge in [0, 0.05) is 11.3 Å². The molecule has 0 aromatic carbocycles. The molecule has 2 unspecified atom stereocenters. The molecule has 0 aliphatic carbocycles. The van der Waals surface area contributed by atoms with E-state index >= 15 is 0 Å². The number of amides is 2. The summed E-state index contributed by atoms with van der Waals surface area (Å²) in [6.45, 7) is 10.5. The van der Waals surface area contributed by atoms with Gasteiger partial charge in [0.15, 0.2) is 0 Å². The molecule has 20 heavy (non-hydrogen) atoms. The molecule has 2 heterocycles. The van der Waals surface area contributed by atoms with Crippen molar-refractivity contribution >= 4 is 23.6 Å². The van der Waals surface area contributed by atoms with Gasteiger partial charge >= 0.3 is 0 Å². The number of piperazine rings is 1. The molecule has 2 aliphatic rings. The van der Waals surface area contributed by atoms with E-state index < -0.39 is 5.54 Å². The number of hydrogen-bond donors (Lipinski definition) is 1. The van der Waals surface area contributed by atoms with Gasteiger partial charge in [-0.2, -0.15) is 11.8 Å². The van der Waals surface area contributed by atoms with Crippen LogP contribution in [-0.2, 0) is 9.59 Å². The van der Waals surface area contributed by atoms with Gasteiger partial charge in [-0.05, 0) is 45.3 Å². The first-order chi connectivity index (χ1) is 9.16. The highest BCUT2D eigenvalue weighted by Crippen LogP contribution is 2.39. The number of carbonyl (C=O) groups is 2. The minimum Gasteiger partial charge on any atom is -0.340 e. The monoisotopic (exact) mass is 298 g/mol. The lowest BCUT2D eigenvalue weighted by atomic mass is 9.90. The first kappa shape index (κ1) is 15.7. The maximum absolute atomic E-state index is 12.7.